The highest BCUT2D eigenvalue weighted by atomic mass is 16.4. The van der Waals surface area contributed by atoms with Crippen molar-refractivity contribution in [3.8, 4) is 11.3 Å². The Kier molecular flexibility index (Phi) is 3.75. The average Bonchev–Trinajstić information content (AvgIpc) is 2.86. The molecule has 0 saturated carbocycles. The molecule has 0 aromatic carbocycles. The van der Waals surface area contributed by atoms with Crippen LogP contribution in [-0.4, -0.2) is 26.8 Å². The Hall–Kier alpha value is -1.62. The van der Waals surface area contributed by atoms with Crippen LogP contribution in [0.4, 0.5) is 0 Å². The van der Waals surface area contributed by atoms with Gasteiger partial charge in [-0.3, -0.25) is 4.68 Å². The fraction of sp³-hybridized carbons (Fsp3) is 0.571. The van der Waals surface area contributed by atoms with Crippen LogP contribution < -0.4 is 5.32 Å². The van der Waals surface area contributed by atoms with E-state index < -0.39 is 0 Å². The number of oxazole rings is 1. The molecule has 0 bridgehead atoms. The molecule has 0 radical (unpaired) electrons. The van der Waals surface area contributed by atoms with Gasteiger partial charge in [-0.25, -0.2) is 4.98 Å². The molecule has 2 rings (SSSR count). The van der Waals surface area contributed by atoms with Crippen LogP contribution in [0.1, 0.15) is 32.4 Å². The number of nitrogens with zero attached hydrogens (tertiary/aromatic N) is 3. The van der Waals surface area contributed by atoms with Gasteiger partial charge in [0.25, 0.3) is 0 Å². The van der Waals surface area contributed by atoms with Crippen LogP contribution in [-0.2, 0) is 13.5 Å². The molecule has 1 N–H and O–H groups in total. The van der Waals surface area contributed by atoms with Gasteiger partial charge in [-0.1, -0.05) is 0 Å². The fourth-order valence-electron chi connectivity index (χ4n) is 1.84. The number of hydrogen-bond acceptors (Lipinski definition) is 4. The molecule has 0 aliphatic heterocycles. The topological polar surface area (TPSA) is 55.9 Å². The zero-order valence-electron chi connectivity index (χ0n) is 12.3. The van der Waals surface area contributed by atoms with Gasteiger partial charge in [0.1, 0.15) is 0 Å². The van der Waals surface area contributed by atoms with Crippen molar-refractivity contribution in [2.75, 3.05) is 6.54 Å². The monoisotopic (exact) mass is 262 g/mol. The summed E-state index contributed by atoms with van der Waals surface area (Å²) in [5.41, 5.74) is 2.20. The minimum Gasteiger partial charge on any atom is -0.441 e. The van der Waals surface area contributed by atoms with Gasteiger partial charge in [0.2, 0.25) is 0 Å². The van der Waals surface area contributed by atoms with E-state index in [2.05, 4.69) is 36.2 Å². The molecular weight excluding hydrogens is 240 g/mol. The average molecular weight is 262 g/mol. The van der Waals surface area contributed by atoms with Crippen LogP contribution in [0.15, 0.2) is 16.8 Å². The first kappa shape index (κ1) is 13.8. The van der Waals surface area contributed by atoms with Crippen molar-refractivity contribution in [1.82, 2.24) is 20.1 Å². The summed E-state index contributed by atoms with van der Waals surface area (Å²) in [6.07, 6.45) is 4.38. The third kappa shape index (κ3) is 3.44. The van der Waals surface area contributed by atoms with Crippen molar-refractivity contribution >= 4 is 0 Å². The molecule has 0 aliphatic rings. The highest BCUT2D eigenvalue weighted by molar-refractivity contribution is 5.58. The first-order chi connectivity index (χ1) is 8.87. The molecule has 0 spiro atoms. The predicted octanol–water partition coefficient (Wildman–Crippen LogP) is 2.31. The molecular formula is C14H22N4O. The summed E-state index contributed by atoms with van der Waals surface area (Å²) in [4.78, 5) is 4.32. The molecule has 0 atom stereocenters. The Bertz CT molecular complexity index is 548. The summed E-state index contributed by atoms with van der Waals surface area (Å²) < 4.78 is 7.61. The number of hydrogen-bond donors (Lipinski definition) is 1. The maximum Gasteiger partial charge on any atom is 0.196 e. The van der Waals surface area contributed by atoms with E-state index in [0.29, 0.717) is 0 Å². The molecule has 2 heterocycles. The third-order valence-corrected chi connectivity index (χ3v) is 3.05. The summed E-state index contributed by atoms with van der Waals surface area (Å²) >= 11 is 0. The first-order valence-electron chi connectivity index (χ1n) is 6.55. The molecule has 2 aromatic rings. The van der Waals surface area contributed by atoms with Crippen LogP contribution in [0, 0.1) is 6.92 Å². The fourth-order valence-corrected chi connectivity index (χ4v) is 1.84. The van der Waals surface area contributed by atoms with E-state index in [4.69, 9.17) is 4.42 Å². The van der Waals surface area contributed by atoms with Gasteiger partial charge in [-0.2, -0.15) is 5.10 Å². The van der Waals surface area contributed by atoms with Crippen LogP contribution in [0.2, 0.25) is 0 Å². The number of rotatable bonds is 4. The van der Waals surface area contributed by atoms with Gasteiger partial charge in [-0.15, -0.1) is 0 Å². The Morgan fingerprint density at radius 3 is 2.63 bits per heavy atom. The molecule has 5 heteroatoms. The summed E-state index contributed by atoms with van der Waals surface area (Å²) in [6.45, 7) is 9.31. The van der Waals surface area contributed by atoms with Gasteiger partial charge >= 0.3 is 0 Å². The molecule has 0 saturated heterocycles. The van der Waals surface area contributed by atoms with E-state index in [1.807, 2.05) is 24.9 Å². The maximum absolute atomic E-state index is 5.77. The lowest BCUT2D eigenvalue weighted by atomic mass is 10.1. The van der Waals surface area contributed by atoms with Crippen LogP contribution in [0.25, 0.3) is 11.3 Å². The van der Waals surface area contributed by atoms with E-state index in [1.165, 1.54) is 0 Å². The Labute approximate surface area is 114 Å². The lowest BCUT2D eigenvalue weighted by molar-refractivity contribution is 0.412. The summed E-state index contributed by atoms with van der Waals surface area (Å²) in [5.74, 6) is 1.55. The molecule has 2 aromatic heterocycles. The molecule has 19 heavy (non-hydrogen) atoms. The highest BCUT2D eigenvalue weighted by Crippen LogP contribution is 2.23. The lowest BCUT2D eigenvalue weighted by Crippen LogP contribution is -2.37. The molecule has 5 nitrogen and oxygen atoms in total. The third-order valence-electron chi connectivity index (χ3n) is 3.05. The van der Waals surface area contributed by atoms with Crippen LogP contribution in [0.3, 0.4) is 0 Å². The van der Waals surface area contributed by atoms with Crippen molar-refractivity contribution in [3.05, 3.63) is 24.0 Å². The van der Waals surface area contributed by atoms with E-state index in [1.54, 1.807) is 6.20 Å². The zero-order valence-corrected chi connectivity index (χ0v) is 12.3. The number of aromatic nitrogens is 3. The van der Waals surface area contributed by atoms with Crippen molar-refractivity contribution in [1.29, 1.82) is 0 Å². The van der Waals surface area contributed by atoms with E-state index in [9.17, 15) is 0 Å². The standard InChI is InChI=1S/C14H22N4O/c1-10-11(8-17-18(10)5)12-9-15-13(19-12)6-7-16-14(2,3)4/h8-9,16H,6-7H2,1-5H3. The molecule has 0 unspecified atom stereocenters. The molecule has 0 fully saturated rings. The summed E-state index contributed by atoms with van der Waals surface area (Å²) in [7, 11) is 1.92. The van der Waals surface area contributed by atoms with Crippen LogP contribution >= 0.6 is 0 Å². The zero-order chi connectivity index (χ0) is 14.0. The van der Waals surface area contributed by atoms with E-state index in [0.717, 1.165) is 35.9 Å². The molecule has 0 amide bonds. The quantitative estimate of drug-likeness (QED) is 0.918. The molecule has 0 aliphatic carbocycles. The van der Waals surface area contributed by atoms with Crippen molar-refractivity contribution in [2.45, 2.75) is 39.7 Å². The Morgan fingerprint density at radius 2 is 2.05 bits per heavy atom. The largest absolute Gasteiger partial charge is 0.441 e. The summed E-state index contributed by atoms with van der Waals surface area (Å²) in [5, 5.41) is 7.63. The van der Waals surface area contributed by atoms with Gasteiger partial charge in [-0.05, 0) is 27.7 Å². The lowest BCUT2D eigenvalue weighted by Gasteiger charge is -2.19. The highest BCUT2D eigenvalue weighted by Gasteiger charge is 2.13. The number of nitrogens with one attached hydrogen (secondary N) is 1. The predicted molar refractivity (Wildman–Crippen MR) is 74.9 cm³/mol. The summed E-state index contributed by atoms with van der Waals surface area (Å²) in [6, 6.07) is 0. The first-order valence-corrected chi connectivity index (χ1v) is 6.55. The SMILES string of the molecule is Cc1c(-c2cnc(CCNC(C)(C)C)o2)cnn1C. The normalized spacial score (nSPS) is 12.1. The Balaban J connectivity index is 2.02. The van der Waals surface area contributed by atoms with Gasteiger partial charge in [0, 0.05) is 31.2 Å². The molecule has 104 valence electrons. The van der Waals surface area contributed by atoms with Crippen molar-refractivity contribution in [3.63, 3.8) is 0 Å². The second kappa shape index (κ2) is 5.17. The minimum atomic E-state index is 0.120. The second-order valence-electron chi connectivity index (χ2n) is 5.81. The number of aryl methyl sites for hydroxylation is 1. The maximum atomic E-state index is 5.77. The van der Waals surface area contributed by atoms with Gasteiger partial charge < -0.3 is 9.73 Å². The van der Waals surface area contributed by atoms with E-state index in [-0.39, 0.29) is 5.54 Å². The Morgan fingerprint density at radius 1 is 1.32 bits per heavy atom. The van der Waals surface area contributed by atoms with Gasteiger partial charge in [0.05, 0.1) is 18.0 Å². The van der Waals surface area contributed by atoms with Crippen LogP contribution in [0.5, 0.6) is 0 Å². The smallest absolute Gasteiger partial charge is 0.196 e. The van der Waals surface area contributed by atoms with E-state index >= 15 is 0 Å². The van der Waals surface area contributed by atoms with Gasteiger partial charge in [0.15, 0.2) is 11.7 Å². The van der Waals surface area contributed by atoms with Crippen molar-refractivity contribution in [2.24, 2.45) is 7.05 Å². The minimum absolute atomic E-state index is 0.120. The van der Waals surface area contributed by atoms with Crippen molar-refractivity contribution < 1.29 is 4.42 Å². The second-order valence-corrected chi connectivity index (χ2v) is 5.81.